The molecule has 0 radical (unpaired) electrons. The lowest BCUT2D eigenvalue weighted by molar-refractivity contribution is 0.0325. The minimum Gasteiger partial charge on any atom is -0.379 e. The van der Waals surface area contributed by atoms with Crippen LogP contribution in [0.4, 0.5) is 5.82 Å². The van der Waals surface area contributed by atoms with Gasteiger partial charge in [0.25, 0.3) is 0 Å². The molecule has 0 spiro atoms. The molecule has 1 aromatic rings. The summed E-state index contributed by atoms with van der Waals surface area (Å²) in [4.78, 5) is 11.8. The first-order valence-electron chi connectivity index (χ1n) is 8.62. The Kier molecular flexibility index (Phi) is 5.26. The third kappa shape index (κ3) is 3.96. The van der Waals surface area contributed by atoms with Crippen LogP contribution in [-0.4, -0.2) is 54.3 Å². The summed E-state index contributed by atoms with van der Waals surface area (Å²) in [7, 11) is 0. The Morgan fingerprint density at radius 2 is 1.95 bits per heavy atom. The smallest absolute Gasteiger partial charge is 0.133 e. The van der Waals surface area contributed by atoms with Crippen molar-refractivity contribution in [2.24, 2.45) is 5.92 Å². The number of ether oxygens (including phenoxy) is 1. The van der Waals surface area contributed by atoms with Gasteiger partial charge < -0.3 is 10.1 Å². The number of hydrogen-bond donors (Lipinski definition) is 1. The maximum absolute atomic E-state index is 5.41. The van der Waals surface area contributed by atoms with Gasteiger partial charge in [-0.2, -0.15) is 0 Å². The maximum atomic E-state index is 5.41. The van der Waals surface area contributed by atoms with E-state index in [1.54, 1.807) is 0 Å². The fourth-order valence-electron chi connectivity index (χ4n) is 3.42. The Hall–Kier alpha value is -1.20. The first-order valence-corrected chi connectivity index (χ1v) is 8.62. The third-order valence-corrected chi connectivity index (χ3v) is 4.59. The number of hydrogen-bond acceptors (Lipinski definition) is 5. The molecule has 3 rings (SSSR count). The number of aromatic nitrogens is 2. The molecule has 1 atom stereocenters. The maximum Gasteiger partial charge on any atom is 0.133 e. The number of anilines is 1. The van der Waals surface area contributed by atoms with Crippen LogP contribution in [0.1, 0.15) is 36.8 Å². The zero-order valence-electron chi connectivity index (χ0n) is 13.9. The molecule has 1 aliphatic carbocycles. The van der Waals surface area contributed by atoms with E-state index < -0.39 is 0 Å². The van der Waals surface area contributed by atoms with Crippen molar-refractivity contribution in [3.05, 3.63) is 17.1 Å². The molecule has 2 aliphatic rings. The predicted molar refractivity (Wildman–Crippen MR) is 88.3 cm³/mol. The molecule has 1 aliphatic heterocycles. The molecule has 0 saturated carbocycles. The quantitative estimate of drug-likeness (QED) is 0.902. The summed E-state index contributed by atoms with van der Waals surface area (Å²) in [6.45, 7) is 10.3. The standard InChI is InChI=1S/C17H28N4O/c1-13(12-21-7-9-22-10-8-21)11-18-17-15-5-3-4-6-16(15)19-14(2)20-17/h13H,3-12H2,1-2H3,(H,18,19,20). The summed E-state index contributed by atoms with van der Waals surface area (Å²) in [5, 5.41) is 3.59. The van der Waals surface area contributed by atoms with Crippen molar-refractivity contribution in [2.75, 3.05) is 44.7 Å². The molecule has 1 saturated heterocycles. The molecule has 0 amide bonds. The second kappa shape index (κ2) is 7.38. The molecule has 1 fully saturated rings. The highest BCUT2D eigenvalue weighted by molar-refractivity contribution is 5.47. The summed E-state index contributed by atoms with van der Waals surface area (Å²) in [5.41, 5.74) is 2.62. The summed E-state index contributed by atoms with van der Waals surface area (Å²) < 4.78 is 5.41. The Balaban J connectivity index is 1.57. The van der Waals surface area contributed by atoms with Crippen molar-refractivity contribution >= 4 is 5.82 Å². The van der Waals surface area contributed by atoms with Crippen LogP contribution in [-0.2, 0) is 17.6 Å². The van der Waals surface area contributed by atoms with E-state index in [1.807, 2.05) is 6.92 Å². The lowest BCUT2D eigenvalue weighted by Crippen LogP contribution is -2.40. The fourth-order valence-corrected chi connectivity index (χ4v) is 3.42. The number of rotatable bonds is 5. The van der Waals surface area contributed by atoms with Gasteiger partial charge in [0.2, 0.25) is 0 Å². The molecule has 0 bridgehead atoms. The van der Waals surface area contributed by atoms with Gasteiger partial charge in [0.1, 0.15) is 11.6 Å². The largest absolute Gasteiger partial charge is 0.379 e. The van der Waals surface area contributed by atoms with Crippen molar-refractivity contribution in [1.82, 2.24) is 14.9 Å². The first kappa shape index (κ1) is 15.7. The van der Waals surface area contributed by atoms with E-state index in [2.05, 4.69) is 27.1 Å². The van der Waals surface area contributed by atoms with E-state index >= 15 is 0 Å². The monoisotopic (exact) mass is 304 g/mol. The van der Waals surface area contributed by atoms with Crippen molar-refractivity contribution in [3.8, 4) is 0 Å². The van der Waals surface area contributed by atoms with Gasteiger partial charge in [-0.05, 0) is 38.5 Å². The molecule has 5 heteroatoms. The molecule has 0 aromatic carbocycles. The van der Waals surface area contributed by atoms with Crippen LogP contribution in [0, 0.1) is 12.8 Å². The summed E-state index contributed by atoms with van der Waals surface area (Å²) in [6, 6.07) is 0. The zero-order valence-corrected chi connectivity index (χ0v) is 13.9. The van der Waals surface area contributed by atoms with Gasteiger partial charge in [0.05, 0.1) is 13.2 Å². The van der Waals surface area contributed by atoms with Crippen LogP contribution in [0.2, 0.25) is 0 Å². The molecule has 122 valence electrons. The fraction of sp³-hybridized carbons (Fsp3) is 0.765. The normalized spacial score (nSPS) is 20.5. The van der Waals surface area contributed by atoms with E-state index in [-0.39, 0.29) is 0 Å². The Morgan fingerprint density at radius 3 is 2.77 bits per heavy atom. The Bertz CT molecular complexity index is 500. The summed E-state index contributed by atoms with van der Waals surface area (Å²) >= 11 is 0. The number of nitrogens with one attached hydrogen (secondary N) is 1. The number of aryl methyl sites for hydroxylation is 2. The van der Waals surface area contributed by atoms with Gasteiger partial charge in [-0.1, -0.05) is 6.92 Å². The Labute approximate surface area is 133 Å². The van der Waals surface area contributed by atoms with E-state index in [1.165, 1.54) is 24.1 Å². The highest BCUT2D eigenvalue weighted by atomic mass is 16.5. The second-order valence-corrected chi connectivity index (χ2v) is 6.65. The summed E-state index contributed by atoms with van der Waals surface area (Å²) in [6.07, 6.45) is 4.75. The van der Waals surface area contributed by atoms with E-state index in [4.69, 9.17) is 4.74 Å². The van der Waals surface area contributed by atoms with E-state index in [0.29, 0.717) is 5.92 Å². The van der Waals surface area contributed by atoms with Crippen molar-refractivity contribution in [3.63, 3.8) is 0 Å². The van der Waals surface area contributed by atoms with Gasteiger partial charge >= 0.3 is 0 Å². The number of morpholine rings is 1. The SMILES string of the molecule is Cc1nc2c(c(NCC(C)CN3CCOCC3)n1)CCCC2. The van der Waals surface area contributed by atoms with Crippen molar-refractivity contribution < 1.29 is 4.74 Å². The number of nitrogens with zero attached hydrogens (tertiary/aromatic N) is 3. The minimum absolute atomic E-state index is 0.604. The molecule has 1 N–H and O–H groups in total. The van der Waals surface area contributed by atoms with Gasteiger partial charge in [0.15, 0.2) is 0 Å². The minimum atomic E-state index is 0.604. The van der Waals surface area contributed by atoms with Crippen LogP contribution in [0.5, 0.6) is 0 Å². The average molecular weight is 304 g/mol. The van der Waals surface area contributed by atoms with Gasteiger partial charge in [-0.15, -0.1) is 0 Å². The van der Waals surface area contributed by atoms with E-state index in [9.17, 15) is 0 Å². The molecular formula is C17H28N4O. The second-order valence-electron chi connectivity index (χ2n) is 6.65. The van der Waals surface area contributed by atoms with Gasteiger partial charge in [0, 0.05) is 37.4 Å². The average Bonchev–Trinajstić information content (AvgIpc) is 2.53. The first-order chi connectivity index (χ1) is 10.7. The lowest BCUT2D eigenvalue weighted by Gasteiger charge is -2.29. The molecule has 1 unspecified atom stereocenters. The highest BCUT2D eigenvalue weighted by Gasteiger charge is 2.18. The van der Waals surface area contributed by atoms with E-state index in [0.717, 1.165) is 63.9 Å². The molecule has 2 heterocycles. The van der Waals surface area contributed by atoms with Crippen LogP contribution in [0.3, 0.4) is 0 Å². The molecular weight excluding hydrogens is 276 g/mol. The van der Waals surface area contributed by atoms with Crippen LogP contribution in [0.15, 0.2) is 0 Å². The van der Waals surface area contributed by atoms with Crippen LogP contribution in [0.25, 0.3) is 0 Å². The van der Waals surface area contributed by atoms with Gasteiger partial charge in [-0.3, -0.25) is 4.90 Å². The van der Waals surface area contributed by atoms with Crippen molar-refractivity contribution in [1.29, 1.82) is 0 Å². The Morgan fingerprint density at radius 1 is 1.18 bits per heavy atom. The molecule has 1 aromatic heterocycles. The lowest BCUT2D eigenvalue weighted by atomic mass is 9.96. The predicted octanol–water partition coefficient (Wildman–Crippen LogP) is 2.04. The molecule has 5 nitrogen and oxygen atoms in total. The highest BCUT2D eigenvalue weighted by Crippen LogP contribution is 2.25. The van der Waals surface area contributed by atoms with Crippen molar-refractivity contribution in [2.45, 2.75) is 39.5 Å². The third-order valence-electron chi connectivity index (χ3n) is 4.59. The zero-order chi connectivity index (χ0) is 15.4. The summed E-state index contributed by atoms with van der Waals surface area (Å²) in [5.74, 6) is 2.58. The van der Waals surface area contributed by atoms with Gasteiger partial charge in [-0.25, -0.2) is 9.97 Å². The topological polar surface area (TPSA) is 50.3 Å². The number of fused-ring (bicyclic) bond motifs is 1. The van der Waals surface area contributed by atoms with Crippen LogP contribution >= 0.6 is 0 Å². The van der Waals surface area contributed by atoms with Crippen LogP contribution < -0.4 is 5.32 Å². The molecule has 22 heavy (non-hydrogen) atoms.